The highest BCUT2D eigenvalue weighted by Crippen LogP contribution is 1.59. The molecule has 0 spiro atoms. The molecule has 0 bridgehead atoms. The summed E-state index contributed by atoms with van der Waals surface area (Å²) in [6.45, 7) is 0. The van der Waals surface area contributed by atoms with Crippen molar-refractivity contribution in [3.63, 3.8) is 0 Å². The van der Waals surface area contributed by atoms with Gasteiger partial charge in [-0.1, -0.05) is 0 Å². The van der Waals surface area contributed by atoms with Crippen LogP contribution in [0.1, 0.15) is 0 Å². The maximum Gasteiger partial charge on any atom is 0.414 e. The van der Waals surface area contributed by atoms with Crippen LogP contribution in [0.5, 0.6) is 0 Å². The Bertz CT molecular complexity index is 216. The topological polar surface area (TPSA) is 212 Å². The SMILES string of the molecule is O.O.O=C(O)C(=O)O.O=S(=O)(O)O. The van der Waals surface area contributed by atoms with Crippen molar-refractivity contribution in [2.24, 2.45) is 0 Å². The van der Waals surface area contributed by atoms with Gasteiger partial charge in [0, 0.05) is 0 Å². The molecule has 0 aliphatic rings. The van der Waals surface area contributed by atoms with Gasteiger partial charge in [0.25, 0.3) is 0 Å². The highest BCUT2D eigenvalue weighted by Gasteiger charge is 2.04. The molecule has 0 atom stereocenters. The maximum absolute atomic E-state index is 9.10. The van der Waals surface area contributed by atoms with Gasteiger partial charge in [0.05, 0.1) is 0 Å². The fourth-order valence-corrected chi connectivity index (χ4v) is 0. The van der Waals surface area contributed by atoms with E-state index in [9.17, 15) is 0 Å². The molecular formula is C2H8O10S. The van der Waals surface area contributed by atoms with E-state index in [2.05, 4.69) is 0 Å². The monoisotopic (exact) mass is 224 g/mol. The Morgan fingerprint density at radius 2 is 0.923 bits per heavy atom. The van der Waals surface area contributed by atoms with E-state index in [4.69, 9.17) is 37.3 Å². The average molecular weight is 224 g/mol. The van der Waals surface area contributed by atoms with Gasteiger partial charge in [-0.2, -0.15) is 8.42 Å². The molecule has 0 aliphatic heterocycles. The van der Waals surface area contributed by atoms with Crippen molar-refractivity contribution >= 4 is 22.3 Å². The molecule has 0 saturated carbocycles. The van der Waals surface area contributed by atoms with Gasteiger partial charge in [-0.05, 0) is 0 Å². The summed E-state index contributed by atoms with van der Waals surface area (Å²) in [5.74, 6) is -3.65. The second-order valence-corrected chi connectivity index (χ2v) is 1.95. The van der Waals surface area contributed by atoms with Crippen molar-refractivity contribution < 1.29 is 48.3 Å². The number of rotatable bonds is 0. The van der Waals surface area contributed by atoms with Crippen molar-refractivity contribution in [1.29, 1.82) is 0 Å². The van der Waals surface area contributed by atoms with Gasteiger partial charge in [-0.25, -0.2) is 9.59 Å². The highest BCUT2D eigenvalue weighted by molar-refractivity contribution is 7.79. The van der Waals surface area contributed by atoms with E-state index in [-0.39, 0.29) is 11.0 Å². The zero-order chi connectivity index (χ0) is 9.65. The first-order valence-corrected chi connectivity index (χ1v) is 3.20. The molecule has 13 heavy (non-hydrogen) atoms. The van der Waals surface area contributed by atoms with Crippen molar-refractivity contribution in [2.45, 2.75) is 0 Å². The zero-order valence-corrected chi connectivity index (χ0v) is 6.65. The number of hydrogen-bond acceptors (Lipinski definition) is 4. The van der Waals surface area contributed by atoms with E-state index in [1.807, 2.05) is 0 Å². The van der Waals surface area contributed by atoms with Crippen LogP contribution < -0.4 is 0 Å². The molecule has 0 aromatic heterocycles. The minimum atomic E-state index is -4.67. The molecule has 82 valence electrons. The summed E-state index contributed by atoms with van der Waals surface area (Å²) in [7, 11) is -4.67. The zero-order valence-electron chi connectivity index (χ0n) is 5.83. The molecule has 0 heterocycles. The molecule has 10 nitrogen and oxygen atoms in total. The van der Waals surface area contributed by atoms with Gasteiger partial charge >= 0.3 is 22.3 Å². The molecule has 0 radical (unpaired) electrons. The second-order valence-electron chi connectivity index (χ2n) is 1.06. The van der Waals surface area contributed by atoms with Crippen LogP contribution in [0, 0.1) is 0 Å². The molecule has 0 fully saturated rings. The van der Waals surface area contributed by atoms with Crippen molar-refractivity contribution in [1.82, 2.24) is 0 Å². The van der Waals surface area contributed by atoms with Crippen molar-refractivity contribution in [2.75, 3.05) is 0 Å². The molecule has 0 aromatic carbocycles. The van der Waals surface area contributed by atoms with Crippen LogP contribution in [0.25, 0.3) is 0 Å². The summed E-state index contributed by atoms with van der Waals surface area (Å²) in [6, 6.07) is 0. The second kappa shape index (κ2) is 8.82. The number of carboxylic acid groups (broad SMARTS) is 2. The number of hydrogen-bond donors (Lipinski definition) is 4. The van der Waals surface area contributed by atoms with Gasteiger partial charge in [-0.3, -0.25) is 9.11 Å². The third kappa shape index (κ3) is 110. The van der Waals surface area contributed by atoms with Crippen LogP contribution in [-0.2, 0) is 20.0 Å². The molecule has 0 rings (SSSR count). The standard InChI is InChI=1S/C2H2O4.H2O4S.2H2O/c3-1(4)2(5)6;1-5(2,3)4;;/h(H,3,4)(H,5,6);(H2,1,2,3,4);2*1H2. The van der Waals surface area contributed by atoms with E-state index >= 15 is 0 Å². The van der Waals surface area contributed by atoms with Gasteiger partial charge in [0.15, 0.2) is 0 Å². The molecule has 0 saturated heterocycles. The van der Waals surface area contributed by atoms with E-state index in [1.165, 1.54) is 0 Å². The van der Waals surface area contributed by atoms with Crippen LogP contribution in [-0.4, -0.2) is 50.6 Å². The fourth-order valence-electron chi connectivity index (χ4n) is 0. The quantitative estimate of drug-likeness (QED) is 0.243. The van der Waals surface area contributed by atoms with E-state index in [0.29, 0.717) is 0 Å². The first kappa shape index (κ1) is 22.6. The molecule has 0 aromatic rings. The average Bonchev–Trinajstić information content (AvgIpc) is 1.59. The third-order valence-corrected chi connectivity index (χ3v) is 0.183. The van der Waals surface area contributed by atoms with Gasteiger partial charge in [-0.15, -0.1) is 0 Å². The lowest BCUT2D eigenvalue weighted by Gasteiger charge is -1.72. The summed E-state index contributed by atoms with van der Waals surface area (Å²) in [5, 5.41) is 14.8. The molecule has 0 aliphatic carbocycles. The summed E-state index contributed by atoms with van der Waals surface area (Å²) in [5.41, 5.74) is 0. The normalized spacial score (nSPS) is 7.85. The lowest BCUT2D eigenvalue weighted by molar-refractivity contribution is -0.159. The Morgan fingerprint density at radius 3 is 0.923 bits per heavy atom. The van der Waals surface area contributed by atoms with E-state index in [1.54, 1.807) is 0 Å². The number of carbonyl (C=O) groups is 2. The van der Waals surface area contributed by atoms with Gasteiger partial charge in [0.2, 0.25) is 0 Å². The Kier molecular flexibility index (Phi) is 15.3. The Morgan fingerprint density at radius 1 is 0.846 bits per heavy atom. The van der Waals surface area contributed by atoms with Crippen molar-refractivity contribution in [3.05, 3.63) is 0 Å². The first-order chi connectivity index (χ1) is 4.64. The van der Waals surface area contributed by atoms with Crippen molar-refractivity contribution in [3.8, 4) is 0 Å². The number of carboxylic acids is 2. The predicted molar refractivity (Wildman–Crippen MR) is 36.7 cm³/mol. The largest absolute Gasteiger partial charge is 0.473 e. The molecule has 0 amide bonds. The highest BCUT2D eigenvalue weighted by atomic mass is 32.3. The van der Waals surface area contributed by atoms with Crippen LogP contribution in [0.3, 0.4) is 0 Å². The van der Waals surface area contributed by atoms with Gasteiger partial charge < -0.3 is 21.2 Å². The summed E-state index contributed by atoms with van der Waals surface area (Å²) >= 11 is 0. The Labute approximate surface area is 71.6 Å². The Balaban J connectivity index is -0.0000000546. The van der Waals surface area contributed by atoms with Crippen LogP contribution in [0.4, 0.5) is 0 Å². The smallest absolute Gasteiger partial charge is 0.414 e. The predicted octanol–water partition coefficient (Wildman–Crippen LogP) is -3.15. The minimum Gasteiger partial charge on any atom is -0.473 e. The maximum atomic E-state index is 9.10. The number of aliphatic carboxylic acids is 2. The summed E-state index contributed by atoms with van der Waals surface area (Å²) < 4.78 is 31.6. The van der Waals surface area contributed by atoms with E-state index in [0.717, 1.165) is 0 Å². The van der Waals surface area contributed by atoms with Gasteiger partial charge in [0.1, 0.15) is 0 Å². The van der Waals surface area contributed by atoms with Crippen LogP contribution in [0.15, 0.2) is 0 Å². The lowest BCUT2D eigenvalue weighted by Crippen LogP contribution is -2.09. The van der Waals surface area contributed by atoms with Crippen LogP contribution >= 0.6 is 0 Å². The van der Waals surface area contributed by atoms with Crippen LogP contribution in [0.2, 0.25) is 0 Å². The minimum absolute atomic E-state index is 0. The third-order valence-electron chi connectivity index (χ3n) is 0.183. The summed E-state index contributed by atoms with van der Waals surface area (Å²) in [6.07, 6.45) is 0. The molecule has 11 heteroatoms. The summed E-state index contributed by atoms with van der Waals surface area (Å²) in [4.78, 5) is 18.2. The molecule has 8 N–H and O–H groups in total. The molecule has 0 unspecified atom stereocenters. The van der Waals surface area contributed by atoms with E-state index < -0.39 is 22.3 Å². The fraction of sp³-hybridized carbons (Fsp3) is 0. The Hall–Kier alpha value is -1.27. The molecular weight excluding hydrogens is 216 g/mol. The first-order valence-electron chi connectivity index (χ1n) is 1.80. The lowest BCUT2D eigenvalue weighted by atomic mass is 10.7.